The minimum Gasteiger partial charge on any atom is -0.492 e. The van der Waals surface area contributed by atoms with Crippen LogP contribution in [0.2, 0.25) is 0 Å². The van der Waals surface area contributed by atoms with Crippen molar-refractivity contribution in [3.05, 3.63) is 60.2 Å². The van der Waals surface area contributed by atoms with Crippen LogP contribution in [0, 0.1) is 0 Å². The summed E-state index contributed by atoms with van der Waals surface area (Å²) in [4.78, 5) is 22.5. The smallest absolute Gasteiger partial charge is 0.328 e. The minimum absolute atomic E-state index is 0.148. The molecular weight excluding hydrogens is 322 g/mol. The van der Waals surface area contributed by atoms with Crippen molar-refractivity contribution in [2.45, 2.75) is 6.92 Å². The van der Waals surface area contributed by atoms with E-state index in [9.17, 15) is 9.59 Å². The maximum Gasteiger partial charge on any atom is 0.328 e. The number of carboxylic acids is 1. The number of anilines is 1. The molecule has 0 bridgehead atoms. The number of hydrogen-bond acceptors (Lipinski definition) is 4. The number of nitrogens with one attached hydrogen (secondary N) is 1. The van der Waals surface area contributed by atoms with Crippen molar-refractivity contribution < 1.29 is 24.2 Å². The third-order valence-corrected chi connectivity index (χ3v) is 3.13. The predicted octanol–water partition coefficient (Wildman–Crippen LogP) is 3.20. The van der Waals surface area contributed by atoms with Crippen molar-refractivity contribution in [3.8, 4) is 11.5 Å². The van der Waals surface area contributed by atoms with Gasteiger partial charge in [-0.05, 0) is 42.8 Å². The number of rotatable bonds is 8. The molecule has 2 aromatic rings. The Balaban J connectivity index is 1.89. The lowest BCUT2D eigenvalue weighted by atomic mass is 10.2. The summed E-state index contributed by atoms with van der Waals surface area (Å²) < 4.78 is 10.9. The Morgan fingerprint density at radius 2 is 1.80 bits per heavy atom. The molecule has 0 atom stereocenters. The summed E-state index contributed by atoms with van der Waals surface area (Å²) in [5, 5.41) is 11.3. The van der Waals surface area contributed by atoms with Gasteiger partial charge in [-0.25, -0.2) is 4.79 Å². The third kappa shape index (κ3) is 6.02. The number of benzene rings is 2. The van der Waals surface area contributed by atoms with E-state index in [1.54, 1.807) is 36.4 Å². The molecule has 0 heterocycles. The Morgan fingerprint density at radius 3 is 2.48 bits per heavy atom. The lowest BCUT2D eigenvalue weighted by Gasteiger charge is -2.11. The fourth-order valence-electron chi connectivity index (χ4n) is 2.03. The van der Waals surface area contributed by atoms with Gasteiger partial charge in [-0.2, -0.15) is 0 Å². The number of carbonyl (C=O) groups is 2. The first kappa shape index (κ1) is 18.1. The minimum atomic E-state index is -1.01. The van der Waals surface area contributed by atoms with E-state index in [0.29, 0.717) is 23.8 Å². The largest absolute Gasteiger partial charge is 0.492 e. The molecule has 0 unspecified atom stereocenters. The zero-order valence-corrected chi connectivity index (χ0v) is 13.8. The molecule has 1 amide bonds. The Bertz CT molecular complexity index is 753. The summed E-state index contributed by atoms with van der Waals surface area (Å²) in [5.74, 6) is -0.194. The van der Waals surface area contributed by atoms with Gasteiger partial charge in [0.2, 0.25) is 0 Å². The molecule has 6 heteroatoms. The SMILES string of the molecule is CCOc1ccccc1NC(=O)COc1ccc(/C=C/C(=O)O)cc1. The molecule has 2 rings (SSSR count). The lowest BCUT2D eigenvalue weighted by Crippen LogP contribution is -2.20. The van der Waals surface area contributed by atoms with Crippen LogP contribution in [0.4, 0.5) is 5.69 Å². The normalized spacial score (nSPS) is 10.4. The van der Waals surface area contributed by atoms with E-state index in [2.05, 4.69) is 5.32 Å². The third-order valence-electron chi connectivity index (χ3n) is 3.13. The van der Waals surface area contributed by atoms with E-state index in [1.807, 2.05) is 19.1 Å². The molecule has 130 valence electrons. The summed E-state index contributed by atoms with van der Waals surface area (Å²) in [7, 11) is 0. The van der Waals surface area contributed by atoms with Gasteiger partial charge in [0.1, 0.15) is 11.5 Å². The molecule has 0 aliphatic carbocycles. The number of amides is 1. The van der Waals surface area contributed by atoms with Crippen LogP contribution in [0.5, 0.6) is 11.5 Å². The molecule has 2 aromatic carbocycles. The summed E-state index contributed by atoms with van der Waals surface area (Å²) in [6, 6.07) is 13.9. The second-order valence-corrected chi connectivity index (χ2v) is 5.01. The van der Waals surface area contributed by atoms with Crippen molar-refractivity contribution in [3.63, 3.8) is 0 Å². The number of carboxylic acid groups (broad SMARTS) is 1. The zero-order valence-electron chi connectivity index (χ0n) is 13.8. The standard InChI is InChI=1S/C19H19NO5/c1-2-24-17-6-4-3-5-16(17)20-18(21)13-25-15-10-7-14(8-11-15)9-12-19(22)23/h3-12H,2,13H2,1H3,(H,20,21)(H,22,23)/b12-9+. The van der Waals surface area contributed by atoms with Gasteiger partial charge in [-0.1, -0.05) is 24.3 Å². The van der Waals surface area contributed by atoms with Gasteiger partial charge in [0.25, 0.3) is 5.91 Å². The fraction of sp³-hybridized carbons (Fsp3) is 0.158. The highest BCUT2D eigenvalue weighted by Gasteiger charge is 2.08. The van der Waals surface area contributed by atoms with Gasteiger partial charge < -0.3 is 19.9 Å². The van der Waals surface area contributed by atoms with Crippen LogP contribution in [0.25, 0.3) is 6.08 Å². The van der Waals surface area contributed by atoms with Crippen LogP contribution in [0.15, 0.2) is 54.6 Å². The maximum absolute atomic E-state index is 12.0. The van der Waals surface area contributed by atoms with E-state index in [0.717, 1.165) is 11.6 Å². The zero-order chi connectivity index (χ0) is 18.1. The number of para-hydroxylation sites is 2. The molecule has 25 heavy (non-hydrogen) atoms. The molecule has 0 spiro atoms. The Hall–Kier alpha value is -3.28. The van der Waals surface area contributed by atoms with Crippen molar-refractivity contribution in [2.75, 3.05) is 18.5 Å². The van der Waals surface area contributed by atoms with Gasteiger partial charge >= 0.3 is 5.97 Å². The maximum atomic E-state index is 12.0. The first-order chi connectivity index (χ1) is 12.1. The van der Waals surface area contributed by atoms with E-state index in [1.165, 1.54) is 6.08 Å². The Labute approximate surface area is 145 Å². The van der Waals surface area contributed by atoms with Crippen LogP contribution < -0.4 is 14.8 Å². The van der Waals surface area contributed by atoms with Crippen molar-refractivity contribution >= 4 is 23.6 Å². The average Bonchev–Trinajstić information content (AvgIpc) is 2.61. The van der Waals surface area contributed by atoms with Crippen molar-refractivity contribution in [1.82, 2.24) is 0 Å². The summed E-state index contributed by atoms with van der Waals surface area (Å²) in [6.07, 6.45) is 2.53. The number of ether oxygens (including phenoxy) is 2. The lowest BCUT2D eigenvalue weighted by molar-refractivity contribution is -0.131. The number of hydrogen-bond donors (Lipinski definition) is 2. The first-order valence-corrected chi connectivity index (χ1v) is 7.74. The average molecular weight is 341 g/mol. The van der Waals surface area contributed by atoms with E-state index >= 15 is 0 Å². The first-order valence-electron chi connectivity index (χ1n) is 7.74. The van der Waals surface area contributed by atoms with Crippen LogP contribution >= 0.6 is 0 Å². The van der Waals surface area contributed by atoms with Gasteiger partial charge in [0.05, 0.1) is 12.3 Å². The summed E-state index contributed by atoms with van der Waals surface area (Å²) in [6.45, 7) is 2.23. The molecule has 0 saturated carbocycles. The molecule has 0 aromatic heterocycles. The van der Waals surface area contributed by atoms with Crippen LogP contribution in [0.3, 0.4) is 0 Å². The number of carbonyl (C=O) groups excluding carboxylic acids is 1. The molecule has 0 fully saturated rings. The van der Waals surface area contributed by atoms with Gasteiger partial charge in [0.15, 0.2) is 6.61 Å². The molecular formula is C19H19NO5. The van der Waals surface area contributed by atoms with Crippen molar-refractivity contribution in [1.29, 1.82) is 0 Å². The molecule has 0 aliphatic rings. The van der Waals surface area contributed by atoms with Crippen LogP contribution in [-0.4, -0.2) is 30.2 Å². The van der Waals surface area contributed by atoms with Gasteiger partial charge in [-0.3, -0.25) is 4.79 Å². The fourth-order valence-corrected chi connectivity index (χ4v) is 2.03. The molecule has 2 N–H and O–H groups in total. The second-order valence-electron chi connectivity index (χ2n) is 5.01. The molecule has 0 aliphatic heterocycles. The molecule has 6 nitrogen and oxygen atoms in total. The predicted molar refractivity (Wildman–Crippen MR) is 94.8 cm³/mol. The topological polar surface area (TPSA) is 84.9 Å². The molecule has 0 radical (unpaired) electrons. The van der Waals surface area contributed by atoms with E-state index in [-0.39, 0.29) is 12.5 Å². The van der Waals surface area contributed by atoms with E-state index < -0.39 is 5.97 Å². The van der Waals surface area contributed by atoms with E-state index in [4.69, 9.17) is 14.6 Å². The van der Waals surface area contributed by atoms with Crippen molar-refractivity contribution in [2.24, 2.45) is 0 Å². The van der Waals surface area contributed by atoms with Crippen LogP contribution in [-0.2, 0) is 9.59 Å². The Kier molecular flexibility index (Phi) is 6.59. The van der Waals surface area contributed by atoms with Gasteiger partial charge in [0, 0.05) is 6.08 Å². The summed E-state index contributed by atoms with van der Waals surface area (Å²) in [5.41, 5.74) is 1.32. The number of aliphatic carboxylic acids is 1. The van der Waals surface area contributed by atoms with Crippen LogP contribution in [0.1, 0.15) is 12.5 Å². The highest BCUT2D eigenvalue weighted by Crippen LogP contribution is 2.23. The Morgan fingerprint density at radius 1 is 1.08 bits per heavy atom. The summed E-state index contributed by atoms with van der Waals surface area (Å²) >= 11 is 0. The highest BCUT2D eigenvalue weighted by molar-refractivity contribution is 5.93. The van der Waals surface area contributed by atoms with Gasteiger partial charge in [-0.15, -0.1) is 0 Å². The molecule has 0 saturated heterocycles. The highest BCUT2D eigenvalue weighted by atomic mass is 16.5. The quantitative estimate of drug-likeness (QED) is 0.720. The second kappa shape index (κ2) is 9.12. The monoisotopic (exact) mass is 341 g/mol.